The number of hydrogen-bond donors (Lipinski definition) is 0. The van der Waals surface area contributed by atoms with E-state index in [-0.39, 0.29) is 18.9 Å². The second-order valence-corrected chi connectivity index (χ2v) is 20.6. The zero-order valence-electron chi connectivity index (χ0n) is 25.6. The van der Waals surface area contributed by atoms with Crippen LogP contribution in [0.25, 0.3) is 0 Å². The average molecular weight is 588 g/mol. The molecule has 0 saturated carbocycles. The molecule has 0 unspecified atom stereocenters. The van der Waals surface area contributed by atoms with Gasteiger partial charge < -0.3 is 0 Å². The molecule has 4 nitrogen and oxygen atoms in total. The minimum Gasteiger partial charge on any atom is -0.0687 e. The normalized spacial score (nSPS) is 10.9. The van der Waals surface area contributed by atoms with Crippen LogP contribution in [0.5, 0.6) is 0 Å². The first-order chi connectivity index (χ1) is 17.6. The second kappa shape index (κ2) is 19.9. The Morgan fingerprint density at radius 2 is 0.789 bits per heavy atom. The Bertz CT molecular complexity index is 895. The number of hydrogen-bond acceptors (Lipinski definition) is 1. The van der Waals surface area contributed by atoms with Crippen molar-refractivity contribution in [1.82, 2.24) is 14.0 Å². The van der Waals surface area contributed by atoms with Gasteiger partial charge in [-0.1, -0.05) is 107 Å². The van der Waals surface area contributed by atoms with Crippen molar-refractivity contribution in [2.24, 2.45) is 0 Å². The largest absolute Gasteiger partial charge is 0.241 e. The van der Waals surface area contributed by atoms with Crippen molar-refractivity contribution in [2.45, 2.75) is 36.5 Å². The summed E-state index contributed by atoms with van der Waals surface area (Å²) in [7, 11) is 8.49. The molecular weight excluding hydrogens is 540 g/mol. The molecule has 0 aliphatic rings. The molecule has 202 valence electrons. The van der Waals surface area contributed by atoms with Gasteiger partial charge in [0.25, 0.3) is 7.59 Å². The molecule has 38 heavy (non-hydrogen) atoms. The second-order valence-electron chi connectivity index (χ2n) is 9.53. The Morgan fingerprint density at radius 1 is 0.553 bits per heavy atom. The third kappa shape index (κ3) is 11.6. The predicted octanol–water partition coefficient (Wildman–Crippen LogP) is 5.14. The molecule has 2 radical (unpaired) electrons. The number of rotatable bonds is 9. The van der Waals surface area contributed by atoms with Crippen LogP contribution in [0.2, 0.25) is 15.8 Å². The fourth-order valence-corrected chi connectivity index (χ4v) is 9.63. The summed E-state index contributed by atoms with van der Waals surface area (Å²) in [6, 6.07) is 32.0. The maximum Gasteiger partial charge on any atom is 0.241 e. The Hall–Kier alpha value is -1.02. The van der Waals surface area contributed by atoms with E-state index in [1.54, 1.807) is 14.0 Å². The predicted molar refractivity (Wildman–Crippen MR) is 176 cm³/mol. The Balaban J connectivity index is 0.000000618. The Morgan fingerprint density at radius 3 is 0.921 bits per heavy atom. The topological polar surface area (TPSA) is 26.8 Å². The smallest absolute Gasteiger partial charge is 0.0687 e. The minimum absolute atomic E-state index is 0. The van der Waals surface area contributed by atoms with Crippen molar-refractivity contribution >= 4 is 63.9 Å². The summed E-state index contributed by atoms with van der Waals surface area (Å²) in [5, 5.41) is 4.56. The third-order valence-corrected chi connectivity index (χ3v) is 15.9. The van der Waals surface area contributed by atoms with Crippen LogP contribution in [0.4, 0.5) is 0 Å². The van der Waals surface area contributed by atoms with E-state index in [9.17, 15) is 4.57 Å². The molecule has 0 aliphatic carbocycles. The zero-order chi connectivity index (χ0) is 27.8. The van der Waals surface area contributed by atoms with E-state index >= 15 is 0 Å². The number of benzene rings is 3. The van der Waals surface area contributed by atoms with E-state index in [0.717, 1.165) is 0 Å². The van der Waals surface area contributed by atoms with Crippen LogP contribution in [0, 0.1) is 0 Å². The van der Waals surface area contributed by atoms with Gasteiger partial charge >= 0.3 is 50.9 Å². The van der Waals surface area contributed by atoms with E-state index in [1.165, 1.54) is 32.1 Å². The van der Waals surface area contributed by atoms with Crippen LogP contribution in [0.15, 0.2) is 91.0 Å². The van der Waals surface area contributed by atoms with Crippen molar-refractivity contribution in [1.29, 1.82) is 0 Å². The first kappa shape index (κ1) is 37.0. The molecule has 0 atom stereocenters. The summed E-state index contributed by atoms with van der Waals surface area (Å²) in [5.41, 5.74) is 4.00. The Labute approximate surface area is 251 Å². The van der Waals surface area contributed by atoms with Gasteiger partial charge in [0, 0.05) is 18.9 Å². The van der Waals surface area contributed by atoms with E-state index in [1.807, 2.05) is 42.3 Å². The van der Waals surface area contributed by atoms with Gasteiger partial charge in [-0.15, -0.1) is 0 Å². The van der Waals surface area contributed by atoms with Gasteiger partial charge in [0.15, 0.2) is 0 Å². The average Bonchev–Trinajstić information content (AvgIpc) is 2.91. The van der Waals surface area contributed by atoms with E-state index in [2.05, 4.69) is 112 Å². The van der Waals surface area contributed by atoms with Gasteiger partial charge in [-0.2, -0.15) is 0 Å². The molecule has 0 fully saturated rings. The maximum atomic E-state index is 12.1. The van der Waals surface area contributed by atoms with Crippen LogP contribution in [-0.4, -0.2) is 96.2 Å². The van der Waals surface area contributed by atoms with Gasteiger partial charge in [0.05, 0.1) is 0 Å². The third-order valence-electron chi connectivity index (χ3n) is 6.46. The van der Waals surface area contributed by atoms with E-state index < -0.39 is 21.9 Å². The summed E-state index contributed by atoms with van der Waals surface area (Å²) in [5.74, 6) is 0. The Kier molecular flexibility index (Phi) is 19.4. The molecule has 3 aromatic carbocycles. The molecule has 3 aromatic rings. The van der Waals surface area contributed by atoms with E-state index in [0.29, 0.717) is 6.71 Å². The van der Waals surface area contributed by atoms with Crippen LogP contribution < -0.4 is 16.4 Å². The van der Waals surface area contributed by atoms with Crippen LogP contribution >= 0.6 is 7.59 Å². The van der Waals surface area contributed by atoms with Crippen molar-refractivity contribution in [3.63, 3.8) is 0 Å². The fraction of sp³-hybridized carbons (Fsp3) is 0.400. The van der Waals surface area contributed by atoms with Crippen molar-refractivity contribution in [3.05, 3.63) is 91.0 Å². The van der Waals surface area contributed by atoms with Crippen molar-refractivity contribution in [3.8, 4) is 0 Å². The molecule has 8 heteroatoms. The molecule has 0 N–H and O–H groups in total. The molecule has 0 spiro atoms. The summed E-state index contributed by atoms with van der Waals surface area (Å²) >= 11 is -0.403. The van der Waals surface area contributed by atoms with Gasteiger partial charge in [-0.25, -0.2) is 14.0 Å². The van der Waals surface area contributed by atoms with E-state index in [4.69, 9.17) is 0 Å². The number of nitrogens with zero attached hydrogens (tertiary/aromatic N) is 3. The minimum atomic E-state index is -2.44. The fourth-order valence-electron chi connectivity index (χ4n) is 4.34. The first-order valence-electron chi connectivity index (χ1n) is 13.2. The van der Waals surface area contributed by atoms with Crippen molar-refractivity contribution < 1.29 is 4.57 Å². The first-order valence-corrected chi connectivity index (χ1v) is 19.3. The SMILES string of the molecule is CN(C)P(=O)(N(C)C)N(C)C.C[CH2][Ge]([CH2]C)[CH2]C.[Li].c1ccc(B(c2ccccc2)c2ccccc2)cc1. The van der Waals surface area contributed by atoms with Gasteiger partial charge in [0.1, 0.15) is 0 Å². The van der Waals surface area contributed by atoms with Crippen molar-refractivity contribution in [2.75, 3.05) is 42.3 Å². The molecular formula is C30H48BGeLiN3OP. The zero-order valence-corrected chi connectivity index (χ0v) is 28.5. The van der Waals surface area contributed by atoms with Crippen LogP contribution in [0.1, 0.15) is 20.8 Å². The molecule has 0 saturated heterocycles. The van der Waals surface area contributed by atoms with Crippen LogP contribution in [-0.2, 0) is 4.57 Å². The van der Waals surface area contributed by atoms with Gasteiger partial charge in [-0.05, 0) is 42.3 Å². The molecule has 0 heterocycles. The molecule has 0 bridgehead atoms. The van der Waals surface area contributed by atoms with Gasteiger partial charge in [0.2, 0.25) is 6.71 Å². The standard InChI is InChI=1S/C18H15B.C6H15Ge.C6H18N3OP.Li/c1-4-10-16(11-5-1)19(17-12-6-2-7-13-17)18-14-8-3-9-15-18;1-4-7(5-2)6-3;1-7(2)11(10,8(3)4)9(5)6;/h1-15H;4-6H2,1-3H3;1-6H3;. The quantitative estimate of drug-likeness (QED) is 0.256. The maximum absolute atomic E-state index is 12.1. The van der Waals surface area contributed by atoms with Gasteiger partial charge in [-0.3, -0.25) is 4.57 Å². The summed E-state index contributed by atoms with van der Waals surface area (Å²) in [6.45, 7) is 7.32. The summed E-state index contributed by atoms with van der Waals surface area (Å²) < 4.78 is 17.3. The van der Waals surface area contributed by atoms with Crippen LogP contribution in [0.3, 0.4) is 0 Å². The molecule has 0 aromatic heterocycles. The summed E-state index contributed by atoms with van der Waals surface area (Å²) in [6.07, 6.45) is 0. The monoisotopic (exact) mass is 589 g/mol. The molecule has 0 aliphatic heterocycles. The summed E-state index contributed by atoms with van der Waals surface area (Å²) in [4.78, 5) is 0. The molecule has 0 amide bonds. The molecule has 3 rings (SSSR count).